The Labute approximate surface area is 126 Å². The van der Waals surface area contributed by atoms with Crippen LogP contribution in [-0.4, -0.2) is 47.8 Å². The minimum absolute atomic E-state index is 0.214. The minimum Gasteiger partial charge on any atom is -0.491 e. The van der Waals surface area contributed by atoms with Gasteiger partial charge in [-0.15, -0.1) is 0 Å². The average molecular weight is 294 g/mol. The molecule has 1 aromatic carbocycles. The lowest BCUT2D eigenvalue weighted by molar-refractivity contribution is -0.0982. The summed E-state index contributed by atoms with van der Waals surface area (Å²) in [5.41, 5.74) is -1.34. The summed E-state index contributed by atoms with van der Waals surface area (Å²) in [5.74, 6) is 0.725. The highest BCUT2D eigenvalue weighted by Crippen LogP contribution is 2.25. The Morgan fingerprint density at radius 3 is 2.29 bits per heavy atom. The zero-order valence-electron chi connectivity index (χ0n) is 13.0. The lowest BCUT2D eigenvalue weighted by Crippen LogP contribution is -2.53. The summed E-state index contributed by atoms with van der Waals surface area (Å²) in [6.07, 6.45) is 0.214. The third kappa shape index (κ3) is 4.44. The smallest absolute Gasteiger partial charge is 0.491 e. The van der Waals surface area contributed by atoms with Crippen LogP contribution in [0.15, 0.2) is 24.3 Å². The Balaban J connectivity index is 1.94. The second kappa shape index (κ2) is 5.97. The van der Waals surface area contributed by atoms with E-state index in [9.17, 15) is 10.1 Å². The third-order valence-electron chi connectivity index (χ3n) is 3.88. The molecule has 0 radical (unpaired) electrons. The van der Waals surface area contributed by atoms with Gasteiger partial charge in [-0.3, -0.25) is 0 Å². The normalized spacial score (nSPS) is 18.5. The molecule has 116 valence electrons. The monoisotopic (exact) mass is 294 g/mol. The van der Waals surface area contributed by atoms with Crippen LogP contribution in [0.4, 0.5) is 0 Å². The fourth-order valence-electron chi connectivity index (χ4n) is 1.57. The van der Waals surface area contributed by atoms with Gasteiger partial charge in [0, 0.05) is 0 Å². The van der Waals surface area contributed by atoms with Gasteiger partial charge in [-0.25, -0.2) is 0 Å². The minimum atomic E-state index is -1.10. The zero-order valence-corrected chi connectivity index (χ0v) is 13.0. The summed E-state index contributed by atoms with van der Waals surface area (Å²) in [4.78, 5) is 0. The maximum absolute atomic E-state index is 10.1. The first-order chi connectivity index (χ1) is 9.69. The standard InChI is InChI=1S/C15H23BO5/c1-14(2,17)15(3,4)21-16(18)11-5-7-12(8-6-11)19-9-13-10-20-13/h5-8,13,17-18H,9-10H2,1-4H3. The zero-order chi connectivity index (χ0) is 15.7. The van der Waals surface area contributed by atoms with Crippen LogP contribution in [0.3, 0.4) is 0 Å². The number of hydrogen-bond acceptors (Lipinski definition) is 5. The molecule has 0 saturated carbocycles. The van der Waals surface area contributed by atoms with Crippen molar-refractivity contribution >= 4 is 12.6 Å². The van der Waals surface area contributed by atoms with Crippen LogP contribution in [0.5, 0.6) is 5.75 Å². The molecule has 1 aromatic rings. The Kier molecular flexibility index (Phi) is 4.63. The Bertz CT molecular complexity index is 462. The van der Waals surface area contributed by atoms with E-state index in [0.29, 0.717) is 12.1 Å². The van der Waals surface area contributed by atoms with Gasteiger partial charge >= 0.3 is 7.12 Å². The van der Waals surface area contributed by atoms with Gasteiger partial charge in [0.05, 0.1) is 17.8 Å². The second-order valence-electron chi connectivity index (χ2n) is 6.37. The van der Waals surface area contributed by atoms with Crippen LogP contribution in [0.2, 0.25) is 0 Å². The number of hydrogen-bond donors (Lipinski definition) is 2. The van der Waals surface area contributed by atoms with Gasteiger partial charge in [-0.2, -0.15) is 0 Å². The maximum atomic E-state index is 10.1. The number of benzene rings is 1. The van der Waals surface area contributed by atoms with Gasteiger partial charge in [0.2, 0.25) is 0 Å². The molecule has 1 unspecified atom stereocenters. The molecule has 1 saturated heterocycles. The molecular formula is C15H23BO5. The second-order valence-corrected chi connectivity index (χ2v) is 6.37. The first-order valence-electron chi connectivity index (χ1n) is 7.12. The molecule has 21 heavy (non-hydrogen) atoms. The van der Waals surface area contributed by atoms with Gasteiger partial charge in [0.25, 0.3) is 0 Å². The van der Waals surface area contributed by atoms with Crippen molar-refractivity contribution in [1.29, 1.82) is 0 Å². The van der Waals surface area contributed by atoms with Crippen molar-refractivity contribution in [2.75, 3.05) is 13.2 Å². The number of aliphatic hydroxyl groups is 1. The molecule has 1 aliphatic rings. The molecule has 1 atom stereocenters. The van der Waals surface area contributed by atoms with Crippen molar-refractivity contribution in [2.24, 2.45) is 0 Å². The summed E-state index contributed by atoms with van der Waals surface area (Å²) in [5, 5.41) is 20.2. The Morgan fingerprint density at radius 2 is 1.81 bits per heavy atom. The molecule has 1 heterocycles. The van der Waals surface area contributed by atoms with Crippen LogP contribution < -0.4 is 10.2 Å². The first-order valence-corrected chi connectivity index (χ1v) is 7.12. The van der Waals surface area contributed by atoms with Gasteiger partial charge in [-0.05, 0) is 45.3 Å². The summed E-state index contributed by atoms with van der Waals surface area (Å²) in [7, 11) is -1.10. The van der Waals surface area contributed by atoms with E-state index in [4.69, 9.17) is 14.1 Å². The molecular weight excluding hydrogens is 271 g/mol. The Hall–Kier alpha value is -1.08. The SMILES string of the molecule is CC(C)(O)C(C)(C)OB(O)c1ccc(OCC2CO2)cc1. The molecule has 1 aliphatic heterocycles. The van der Waals surface area contributed by atoms with E-state index < -0.39 is 18.3 Å². The highest BCUT2D eigenvalue weighted by Gasteiger charge is 2.39. The van der Waals surface area contributed by atoms with Gasteiger partial charge in [0.1, 0.15) is 18.5 Å². The molecule has 5 nitrogen and oxygen atoms in total. The van der Waals surface area contributed by atoms with E-state index in [2.05, 4.69) is 0 Å². The van der Waals surface area contributed by atoms with Crippen molar-refractivity contribution in [3.8, 4) is 5.75 Å². The number of rotatable bonds is 7. The van der Waals surface area contributed by atoms with Crippen LogP contribution in [0, 0.1) is 0 Å². The van der Waals surface area contributed by atoms with Gasteiger partial charge < -0.3 is 24.3 Å². The quantitative estimate of drug-likeness (QED) is 0.572. The van der Waals surface area contributed by atoms with Crippen molar-refractivity contribution in [3.05, 3.63) is 24.3 Å². The van der Waals surface area contributed by atoms with Crippen molar-refractivity contribution < 1.29 is 24.3 Å². The first kappa shape index (κ1) is 16.3. The third-order valence-corrected chi connectivity index (χ3v) is 3.88. The molecule has 0 spiro atoms. The van der Waals surface area contributed by atoms with Crippen LogP contribution in [0.1, 0.15) is 27.7 Å². The Morgan fingerprint density at radius 1 is 1.24 bits per heavy atom. The molecule has 0 aromatic heterocycles. The maximum Gasteiger partial charge on any atom is 0.491 e. The van der Waals surface area contributed by atoms with Gasteiger partial charge in [0.15, 0.2) is 0 Å². The van der Waals surface area contributed by atoms with Crippen LogP contribution in [-0.2, 0) is 9.39 Å². The fourth-order valence-corrected chi connectivity index (χ4v) is 1.57. The lowest BCUT2D eigenvalue weighted by Gasteiger charge is -2.38. The molecule has 0 aliphatic carbocycles. The summed E-state index contributed by atoms with van der Waals surface area (Å²) >= 11 is 0. The van der Waals surface area contributed by atoms with Crippen LogP contribution >= 0.6 is 0 Å². The summed E-state index contributed by atoms with van der Waals surface area (Å²) in [6, 6.07) is 7.05. The highest BCUT2D eigenvalue weighted by atomic mass is 16.6. The van der Waals surface area contributed by atoms with E-state index in [0.717, 1.165) is 12.4 Å². The average Bonchev–Trinajstić information content (AvgIpc) is 3.19. The van der Waals surface area contributed by atoms with E-state index in [1.54, 1.807) is 52.0 Å². The number of ether oxygens (including phenoxy) is 2. The molecule has 2 N–H and O–H groups in total. The van der Waals surface area contributed by atoms with E-state index in [1.807, 2.05) is 0 Å². The summed E-state index contributed by atoms with van der Waals surface area (Å²) in [6.45, 7) is 8.08. The van der Waals surface area contributed by atoms with E-state index in [1.165, 1.54) is 0 Å². The van der Waals surface area contributed by atoms with Crippen molar-refractivity contribution in [3.63, 3.8) is 0 Å². The van der Waals surface area contributed by atoms with E-state index in [-0.39, 0.29) is 6.10 Å². The molecule has 0 amide bonds. The van der Waals surface area contributed by atoms with Crippen molar-refractivity contribution in [2.45, 2.75) is 45.0 Å². The molecule has 1 fully saturated rings. The lowest BCUT2D eigenvalue weighted by atomic mass is 9.76. The van der Waals surface area contributed by atoms with Gasteiger partial charge in [-0.1, -0.05) is 12.1 Å². The molecule has 2 rings (SSSR count). The number of epoxide rings is 1. The van der Waals surface area contributed by atoms with E-state index >= 15 is 0 Å². The van der Waals surface area contributed by atoms with Crippen molar-refractivity contribution in [1.82, 2.24) is 0 Å². The largest absolute Gasteiger partial charge is 0.491 e. The molecule has 6 heteroatoms. The predicted molar refractivity (Wildman–Crippen MR) is 80.7 cm³/mol. The predicted octanol–water partition coefficient (Wildman–Crippen LogP) is 0.718. The summed E-state index contributed by atoms with van der Waals surface area (Å²) < 4.78 is 16.2. The topological polar surface area (TPSA) is 71.5 Å². The highest BCUT2D eigenvalue weighted by molar-refractivity contribution is 6.60. The molecule has 0 bridgehead atoms. The fraction of sp³-hybridized carbons (Fsp3) is 0.600. The van der Waals surface area contributed by atoms with Crippen LogP contribution in [0.25, 0.3) is 0 Å².